The van der Waals surface area contributed by atoms with Gasteiger partial charge in [-0.15, -0.1) is 0 Å². The molecule has 0 amide bonds. The van der Waals surface area contributed by atoms with Gasteiger partial charge in [-0.2, -0.15) is 0 Å². The highest BCUT2D eigenvalue weighted by Gasteiger charge is 2.22. The lowest BCUT2D eigenvalue weighted by Crippen LogP contribution is -2.43. The highest BCUT2D eigenvalue weighted by atomic mass is 15.2. The summed E-state index contributed by atoms with van der Waals surface area (Å²) in [5, 5.41) is 3.26. The van der Waals surface area contributed by atoms with Crippen molar-refractivity contribution in [1.29, 1.82) is 0 Å². The van der Waals surface area contributed by atoms with E-state index in [1.165, 1.54) is 25.8 Å². The molecule has 1 unspecified atom stereocenters. The van der Waals surface area contributed by atoms with E-state index >= 15 is 0 Å². The van der Waals surface area contributed by atoms with Gasteiger partial charge >= 0.3 is 0 Å². The summed E-state index contributed by atoms with van der Waals surface area (Å²) in [5.74, 6) is 0. The predicted octanol–water partition coefficient (Wildman–Crippen LogP) is 2.10. The lowest BCUT2D eigenvalue weighted by Gasteiger charge is -2.36. The van der Waals surface area contributed by atoms with Crippen LogP contribution in [0, 0.1) is 0 Å². The van der Waals surface area contributed by atoms with Crippen molar-refractivity contribution in [1.82, 2.24) is 10.2 Å². The molecular weight excluding hydrogens is 160 g/mol. The van der Waals surface area contributed by atoms with E-state index in [0.29, 0.717) is 6.04 Å². The van der Waals surface area contributed by atoms with Gasteiger partial charge in [-0.1, -0.05) is 20.3 Å². The second-order valence-corrected chi connectivity index (χ2v) is 3.71. The topological polar surface area (TPSA) is 15.3 Å². The molecular formula is C11H26N2. The van der Waals surface area contributed by atoms with Crippen LogP contribution in [0.2, 0.25) is 0 Å². The maximum Gasteiger partial charge on any atom is 0.0163 e. The average Bonchev–Trinajstić information content (AvgIpc) is 2.04. The van der Waals surface area contributed by atoms with Gasteiger partial charge in [0.25, 0.3) is 0 Å². The van der Waals surface area contributed by atoms with Crippen molar-refractivity contribution in [3.8, 4) is 0 Å². The Bertz CT molecular complexity index is 111. The molecule has 1 aliphatic carbocycles. The number of nitrogens with zero attached hydrogens (tertiary/aromatic N) is 1. The van der Waals surface area contributed by atoms with Gasteiger partial charge in [-0.05, 0) is 33.9 Å². The van der Waals surface area contributed by atoms with Crippen LogP contribution in [-0.4, -0.2) is 37.6 Å². The smallest absolute Gasteiger partial charge is 0.0163 e. The van der Waals surface area contributed by atoms with Crippen molar-refractivity contribution in [3.63, 3.8) is 0 Å². The van der Waals surface area contributed by atoms with Crippen molar-refractivity contribution >= 4 is 0 Å². The van der Waals surface area contributed by atoms with Crippen molar-refractivity contribution in [2.24, 2.45) is 0 Å². The van der Waals surface area contributed by atoms with E-state index in [0.717, 1.165) is 6.04 Å². The van der Waals surface area contributed by atoms with Crippen molar-refractivity contribution in [2.75, 3.05) is 20.6 Å². The van der Waals surface area contributed by atoms with Gasteiger partial charge < -0.3 is 10.2 Å². The van der Waals surface area contributed by atoms with E-state index in [1.54, 1.807) is 0 Å². The zero-order valence-electron chi connectivity index (χ0n) is 9.93. The molecule has 0 aromatic rings. The van der Waals surface area contributed by atoms with Crippen LogP contribution in [0.15, 0.2) is 0 Å². The summed E-state index contributed by atoms with van der Waals surface area (Å²) in [7, 11) is 4.26. The molecule has 2 heteroatoms. The third kappa shape index (κ3) is 4.63. The highest BCUT2D eigenvalue weighted by molar-refractivity contribution is 4.79. The summed E-state index contributed by atoms with van der Waals surface area (Å²) in [6, 6.07) is 1.51. The maximum absolute atomic E-state index is 3.26. The van der Waals surface area contributed by atoms with E-state index in [4.69, 9.17) is 0 Å². The Morgan fingerprint density at radius 2 is 1.92 bits per heavy atom. The Morgan fingerprint density at radius 1 is 1.38 bits per heavy atom. The number of likely N-dealkylation sites (N-methyl/N-ethyl adjacent to an activating group) is 2. The molecule has 1 atom stereocenters. The van der Waals surface area contributed by atoms with Crippen LogP contribution in [0.3, 0.4) is 0 Å². The lowest BCUT2D eigenvalue weighted by atomic mass is 9.92. The van der Waals surface area contributed by atoms with Gasteiger partial charge in [-0.25, -0.2) is 0 Å². The average molecular weight is 186 g/mol. The molecule has 0 radical (unpaired) electrons. The fourth-order valence-electron chi connectivity index (χ4n) is 1.50. The third-order valence-corrected chi connectivity index (χ3v) is 2.75. The first-order chi connectivity index (χ1) is 6.24. The van der Waals surface area contributed by atoms with Gasteiger partial charge in [0.05, 0.1) is 0 Å². The molecule has 0 aromatic carbocycles. The SMILES string of the molecule is CC.CNC(C)CN(C)C1CCC1. The standard InChI is InChI=1S/C9H20N2.C2H6/c1-8(10-2)7-11(3)9-5-4-6-9;1-2/h8-10H,4-7H2,1-3H3;1-2H3. The highest BCUT2D eigenvalue weighted by Crippen LogP contribution is 2.23. The minimum Gasteiger partial charge on any atom is -0.316 e. The molecule has 1 N–H and O–H groups in total. The Labute approximate surface area is 83.7 Å². The second kappa shape index (κ2) is 7.34. The molecule has 1 fully saturated rings. The van der Waals surface area contributed by atoms with Crippen molar-refractivity contribution in [3.05, 3.63) is 0 Å². The van der Waals surface area contributed by atoms with Gasteiger partial charge in [0.15, 0.2) is 0 Å². The second-order valence-electron chi connectivity index (χ2n) is 3.71. The summed E-state index contributed by atoms with van der Waals surface area (Å²) in [6.45, 7) is 7.41. The summed E-state index contributed by atoms with van der Waals surface area (Å²) in [4.78, 5) is 2.48. The zero-order valence-corrected chi connectivity index (χ0v) is 9.93. The monoisotopic (exact) mass is 186 g/mol. The molecule has 0 aromatic heterocycles. The molecule has 1 aliphatic rings. The van der Waals surface area contributed by atoms with Crippen LogP contribution in [0.5, 0.6) is 0 Å². The van der Waals surface area contributed by atoms with Crippen LogP contribution in [0.4, 0.5) is 0 Å². The Morgan fingerprint density at radius 3 is 2.23 bits per heavy atom. The van der Waals surface area contributed by atoms with Crippen molar-refractivity contribution < 1.29 is 0 Å². The van der Waals surface area contributed by atoms with Gasteiger partial charge in [-0.3, -0.25) is 0 Å². The molecule has 2 nitrogen and oxygen atoms in total. The zero-order chi connectivity index (χ0) is 10.3. The molecule has 0 aliphatic heterocycles. The van der Waals surface area contributed by atoms with Crippen LogP contribution in [-0.2, 0) is 0 Å². The summed E-state index contributed by atoms with van der Waals surface area (Å²) in [6.07, 6.45) is 4.25. The molecule has 0 bridgehead atoms. The van der Waals surface area contributed by atoms with Gasteiger partial charge in [0.2, 0.25) is 0 Å². The van der Waals surface area contributed by atoms with E-state index < -0.39 is 0 Å². The minimum absolute atomic E-state index is 0.626. The Balaban J connectivity index is 0.000000671. The quantitative estimate of drug-likeness (QED) is 0.723. The first-order valence-electron chi connectivity index (χ1n) is 5.61. The maximum atomic E-state index is 3.26. The third-order valence-electron chi connectivity index (χ3n) is 2.75. The van der Waals surface area contributed by atoms with Crippen LogP contribution >= 0.6 is 0 Å². The first kappa shape index (κ1) is 12.9. The number of nitrogens with one attached hydrogen (secondary N) is 1. The molecule has 1 rings (SSSR count). The molecule has 80 valence electrons. The van der Waals surface area contributed by atoms with Gasteiger partial charge in [0, 0.05) is 18.6 Å². The number of hydrogen-bond acceptors (Lipinski definition) is 2. The normalized spacial score (nSPS) is 18.9. The molecule has 1 saturated carbocycles. The Kier molecular flexibility index (Phi) is 7.29. The molecule has 0 spiro atoms. The van der Waals surface area contributed by atoms with E-state index in [9.17, 15) is 0 Å². The number of rotatable bonds is 4. The fourth-order valence-corrected chi connectivity index (χ4v) is 1.50. The molecule has 0 heterocycles. The summed E-state index contributed by atoms with van der Waals surface area (Å²) >= 11 is 0. The van der Waals surface area contributed by atoms with E-state index in [2.05, 4.69) is 24.2 Å². The lowest BCUT2D eigenvalue weighted by molar-refractivity contribution is 0.149. The van der Waals surface area contributed by atoms with E-state index in [1.807, 2.05) is 20.9 Å². The van der Waals surface area contributed by atoms with Gasteiger partial charge in [0.1, 0.15) is 0 Å². The minimum atomic E-state index is 0.626. The Hall–Kier alpha value is -0.0800. The van der Waals surface area contributed by atoms with Crippen molar-refractivity contribution in [2.45, 2.75) is 52.1 Å². The number of hydrogen-bond donors (Lipinski definition) is 1. The van der Waals surface area contributed by atoms with Crippen LogP contribution in [0.1, 0.15) is 40.0 Å². The summed E-state index contributed by atoms with van der Waals surface area (Å²) in [5.41, 5.74) is 0. The summed E-state index contributed by atoms with van der Waals surface area (Å²) < 4.78 is 0. The first-order valence-corrected chi connectivity index (χ1v) is 5.61. The molecule has 0 saturated heterocycles. The van der Waals surface area contributed by atoms with E-state index in [-0.39, 0.29) is 0 Å². The van der Waals surface area contributed by atoms with Crippen LogP contribution in [0.25, 0.3) is 0 Å². The predicted molar refractivity (Wildman–Crippen MR) is 60.1 cm³/mol. The van der Waals surface area contributed by atoms with Crippen LogP contribution < -0.4 is 5.32 Å². The molecule has 13 heavy (non-hydrogen) atoms. The fraction of sp³-hybridized carbons (Fsp3) is 1.00. The largest absolute Gasteiger partial charge is 0.316 e.